The Morgan fingerprint density at radius 2 is 1.64 bits per heavy atom. The van der Waals surface area contributed by atoms with Crippen molar-refractivity contribution in [3.8, 4) is 0 Å². The Balaban J connectivity index is 1.63. The highest BCUT2D eigenvalue weighted by atomic mass is 35.5. The molecule has 4 aliphatic rings. The van der Waals surface area contributed by atoms with Gasteiger partial charge in [0.05, 0.1) is 18.1 Å². The van der Waals surface area contributed by atoms with Gasteiger partial charge < -0.3 is 0 Å². The quantitative estimate of drug-likeness (QED) is 0.479. The summed E-state index contributed by atoms with van der Waals surface area (Å²) >= 11 is 6.07. The summed E-state index contributed by atoms with van der Waals surface area (Å²) in [6.07, 6.45) is 7.67. The van der Waals surface area contributed by atoms with E-state index in [4.69, 9.17) is 11.6 Å². The summed E-state index contributed by atoms with van der Waals surface area (Å²) in [5, 5.41) is 5.73. The standard InChI is InChI=1S/C17H15ClN2O2/c18-13-4-2-1-3-12(13)9-19-20-16(21)14-10-5-6-11(8-7-10)15(14)17(20)22/h1-6,9-11,14-15H,7-8H2/b19-9-/t10-,11-,14-,15+/m0/s1. The number of benzene rings is 1. The molecular weight excluding hydrogens is 300 g/mol. The van der Waals surface area contributed by atoms with Crippen LogP contribution < -0.4 is 0 Å². The first-order chi connectivity index (χ1) is 10.7. The smallest absolute Gasteiger partial charge is 0.254 e. The number of halogens is 1. The second-order valence-electron chi connectivity index (χ2n) is 6.10. The Kier molecular flexibility index (Phi) is 3.15. The summed E-state index contributed by atoms with van der Waals surface area (Å²) in [4.78, 5) is 25.1. The maximum absolute atomic E-state index is 12.6. The molecule has 1 saturated heterocycles. The second kappa shape index (κ2) is 5.06. The van der Waals surface area contributed by atoms with Crippen LogP contribution in [0.5, 0.6) is 0 Å². The Labute approximate surface area is 133 Å². The number of imide groups is 1. The van der Waals surface area contributed by atoms with E-state index in [0.29, 0.717) is 10.6 Å². The molecule has 3 aliphatic carbocycles. The molecule has 2 amide bonds. The van der Waals surface area contributed by atoms with E-state index < -0.39 is 0 Å². The lowest BCUT2D eigenvalue weighted by molar-refractivity contribution is -0.140. The van der Waals surface area contributed by atoms with Crippen LogP contribution in [0.4, 0.5) is 0 Å². The van der Waals surface area contributed by atoms with Gasteiger partial charge in [-0.2, -0.15) is 10.1 Å². The van der Waals surface area contributed by atoms with Crippen molar-refractivity contribution in [3.63, 3.8) is 0 Å². The largest absolute Gasteiger partial charge is 0.272 e. The fourth-order valence-electron chi connectivity index (χ4n) is 3.87. The van der Waals surface area contributed by atoms with Gasteiger partial charge in [0.15, 0.2) is 0 Å². The van der Waals surface area contributed by atoms with Gasteiger partial charge in [0.2, 0.25) is 0 Å². The average Bonchev–Trinajstić information content (AvgIpc) is 2.82. The number of rotatable bonds is 2. The van der Waals surface area contributed by atoms with Crippen LogP contribution in [-0.2, 0) is 9.59 Å². The summed E-state index contributed by atoms with van der Waals surface area (Å²) in [5.41, 5.74) is 0.695. The van der Waals surface area contributed by atoms with Gasteiger partial charge in [-0.15, -0.1) is 0 Å². The first-order valence-corrected chi connectivity index (χ1v) is 7.89. The van der Waals surface area contributed by atoms with Crippen LogP contribution in [0.15, 0.2) is 41.5 Å². The lowest BCUT2D eigenvalue weighted by Gasteiger charge is -2.37. The highest BCUT2D eigenvalue weighted by molar-refractivity contribution is 6.33. The fraction of sp³-hybridized carbons (Fsp3) is 0.353. The van der Waals surface area contributed by atoms with Gasteiger partial charge in [-0.05, 0) is 30.7 Å². The van der Waals surface area contributed by atoms with Gasteiger partial charge in [-0.25, -0.2) is 0 Å². The predicted octanol–water partition coefficient (Wildman–Crippen LogP) is 2.87. The van der Waals surface area contributed by atoms with Crippen LogP contribution in [0, 0.1) is 23.7 Å². The van der Waals surface area contributed by atoms with Crippen molar-refractivity contribution in [2.75, 3.05) is 0 Å². The topological polar surface area (TPSA) is 49.7 Å². The van der Waals surface area contributed by atoms with Crippen LogP contribution >= 0.6 is 11.6 Å². The van der Waals surface area contributed by atoms with Gasteiger partial charge in [0, 0.05) is 10.6 Å². The van der Waals surface area contributed by atoms with E-state index in [9.17, 15) is 9.59 Å². The molecule has 4 atom stereocenters. The fourth-order valence-corrected chi connectivity index (χ4v) is 4.06. The molecule has 1 saturated carbocycles. The SMILES string of the molecule is O=C1[C@@H]2[C@H](C(=O)N1/N=C\c1ccccc1Cl)[C@H]1C=C[C@H]2CC1. The molecule has 0 unspecified atom stereocenters. The van der Waals surface area contributed by atoms with E-state index >= 15 is 0 Å². The Morgan fingerprint density at radius 1 is 1.05 bits per heavy atom. The number of nitrogens with zero attached hydrogens (tertiary/aromatic N) is 2. The molecule has 4 nitrogen and oxygen atoms in total. The van der Waals surface area contributed by atoms with Gasteiger partial charge in [-0.1, -0.05) is 42.0 Å². The van der Waals surface area contributed by atoms with E-state index in [-0.39, 0.29) is 35.5 Å². The number of allylic oxidation sites excluding steroid dienone is 2. The summed E-state index contributed by atoms with van der Waals surface area (Å²) < 4.78 is 0. The van der Waals surface area contributed by atoms with Gasteiger partial charge >= 0.3 is 0 Å². The third-order valence-corrected chi connectivity index (χ3v) is 5.30. The minimum atomic E-state index is -0.223. The molecule has 112 valence electrons. The molecule has 1 aromatic carbocycles. The summed E-state index contributed by atoms with van der Waals surface area (Å²) in [5.74, 6) is -0.409. The maximum atomic E-state index is 12.6. The molecule has 1 aromatic rings. The Hall–Kier alpha value is -1.94. The van der Waals surface area contributed by atoms with Gasteiger partial charge in [0.1, 0.15) is 0 Å². The number of hydrogen-bond acceptors (Lipinski definition) is 3. The molecule has 22 heavy (non-hydrogen) atoms. The number of fused-ring (bicyclic) bond motifs is 1. The first kappa shape index (κ1) is 13.7. The third-order valence-electron chi connectivity index (χ3n) is 4.95. The normalized spacial score (nSPS) is 33.0. The maximum Gasteiger partial charge on any atom is 0.254 e. The lowest BCUT2D eigenvalue weighted by Crippen LogP contribution is -2.38. The molecule has 2 fully saturated rings. The van der Waals surface area contributed by atoms with Crippen molar-refractivity contribution in [1.82, 2.24) is 5.01 Å². The lowest BCUT2D eigenvalue weighted by atomic mass is 9.63. The van der Waals surface area contributed by atoms with E-state index in [1.807, 2.05) is 12.1 Å². The second-order valence-corrected chi connectivity index (χ2v) is 6.50. The molecule has 5 rings (SSSR count). The van der Waals surface area contributed by atoms with Gasteiger partial charge in [-0.3, -0.25) is 9.59 Å². The van der Waals surface area contributed by atoms with Crippen molar-refractivity contribution >= 4 is 29.6 Å². The van der Waals surface area contributed by atoms with Crippen molar-refractivity contribution < 1.29 is 9.59 Å². The molecule has 0 spiro atoms. The number of hydrazone groups is 1. The highest BCUT2D eigenvalue weighted by Crippen LogP contribution is 2.49. The zero-order valence-electron chi connectivity index (χ0n) is 11.9. The van der Waals surface area contributed by atoms with Crippen molar-refractivity contribution in [3.05, 3.63) is 47.0 Å². The van der Waals surface area contributed by atoms with Crippen LogP contribution in [0.3, 0.4) is 0 Å². The minimum absolute atomic E-state index is 0.169. The Morgan fingerprint density at radius 3 is 2.18 bits per heavy atom. The molecule has 0 N–H and O–H groups in total. The van der Waals surface area contributed by atoms with E-state index in [1.165, 1.54) is 6.21 Å². The first-order valence-electron chi connectivity index (χ1n) is 7.51. The average molecular weight is 315 g/mol. The summed E-state index contributed by atoms with van der Waals surface area (Å²) in [6, 6.07) is 7.21. The Bertz CT molecular complexity index is 680. The van der Waals surface area contributed by atoms with Crippen LogP contribution in [0.1, 0.15) is 18.4 Å². The molecular formula is C17H15ClN2O2. The summed E-state index contributed by atoms with van der Waals surface area (Å²) in [7, 11) is 0. The van der Waals surface area contributed by atoms with Crippen molar-refractivity contribution in [2.45, 2.75) is 12.8 Å². The molecule has 5 heteroatoms. The minimum Gasteiger partial charge on any atom is -0.272 e. The summed E-state index contributed by atoms with van der Waals surface area (Å²) in [6.45, 7) is 0. The van der Waals surface area contributed by atoms with Crippen LogP contribution in [-0.4, -0.2) is 23.0 Å². The molecule has 0 aromatic heterocycles. The number of amides is 2. The molecule has 2 bridgehead atoms. The highest BCUT2D eigenvalue weighted by Gasteiger charge is 2.56. The van der Waals surface area contributed by atoms with Gasteiger partial charge in [0.25, 0.3) is 11.8 Å². The van der Waals surface area contributed by atoms with E-state index in [1.54, 1.807) is 12.1 Å². The molecule has 1 heterocycles. The van der Waals surface area contributed by atoms with E-state index in [0.717, 1.165) is 17.9 Å². The van der Waals surface area contributed by atoms with Crippen molar-refractivity contribution in [1.29, 1.82) is 0 Å². The monoisotopic (exact) mass is 314 g/mol. The predicted molar refractivity (Wildman–Crippen MR) is 83.2 cm³/mol. The number of carbonyl (C=O) groups excluding carboxylic acids is 2. The number of hydrogen-bond donors (Lipinski definition) is 0. The third kappa shape index (κ3) is 1.94. The van der Waals surface area contributed by atoms with E-state index in [2.05, 4.69) is 17.3 Å². The molecule has 0 radical (unpaired) electrons. The van der Waals surface area contributed by atoms with Crippen LogP contribution in [0.2, 0.25) is 5.02 Å². The number of carbonyl (C=O) groups is 2. The zero-order valence-corrected chi connectivity index (χ0v) is 12.6. The van der Waals surface area contributed by atoms with Crippen molar-refractivity contribution in [2.24, 2.45) is 28.8 Å². The van der Waals surface area contributed by atoms with Crippen LogP contribution in [0.25, 0.3) is 0 Å². The molecule has 1 aliphatic heterocycles. The zero-order chi connectivity index (χ0) is 15.3.